The Kier molecular flexibility index (Phi) is 4.53. The summed E-state index contributed by atoms with van der Waals surface area (Å²) in [5.41, 5.74) is 0.833. The molecule has 1 aliphatic rings. The molecular weight excluding hydrogens is 226 g/mol. The van der Waals surface area contributed by atoms with Gasteiger partial charge in [0.2, 0.25) is 0 Å². The molecule has 1 aromatic rings. The highest BCUT2D eigenvalue weighted by Crippen LogP contribution is 2.33. The van der Waals surface area contributed by atoms with E-state index < -0.39 is 0 Å². The lowest BCUT2D eigenvalue weighted by Gasteiger charge is -2.26. The zero-order chi connectivity index (χ0) is 13.0. The molecule has 4 heteroatoms. The van der Waals surface area contributed by atoms with Gasteiger partial charge < -0.3 is 10.3 Å². The molecule has 4 nitrogen and oxygen atoms in total. The summed E-state index contributed by atoms with van der Waals surface area (Å²) in [7, 11) is 0. The summed E-state index contributed by atoms with van der Waals surface area (Å²) >= 11 is 0. The lowest BCUT2D eigenvalue weighted by Crippen LogP contribution is -2.22. The van der Waals surface area contributed by atoms with Gasteiger partial charge in [-0.15, -0.1) is 0 Å². The van der Waals surface area contributed by atoms with E-state index in [-0.39, 0.29) is 5.56 Å². The predicted molar refractivity (Wildman–Crippen MR) is 72.6 cm³/mol. The minimum absolute atomic E-state index is 0.0221. The Morgan fingerprint density at radius 2 is 2.33 bits per heavy atom. The van der Waals surface area contributed by atoms with Gasteiger partial charge in [-0.3, -0.25) is 4.79 Å². The molecule has 1 aliphatic carbocycles. The third-order valence-corrected chi connectivity index (χ3v) is 3.69. The van der Waals surface area contributed by atoms with E-state index in [9.17, 15) is 4.79 Å². The van der Waals surface area contributed by atoms with Crippen LogP contribution in [0.25, 0.3) is 0 Å². The molecule has 2 atom stereocenters. The molecule has 0 spiro atoms. The van der Waals surface area contributed by atoms with E-state index in [1.54, 1.807) is 6.07 Å². The van der Waals surface area contributed by atoms with Crippen molar-refractivity contribution in [2.45, 2.75) is 52.0 Å². The van der Waals surface area contributed by atoms with Crippen molar-refractivity contribution in [1.82, 2.24) is 15.3 Å². The lowest BCUT2D eigenvalue weighted by molar-refractivity contribution is 0.334. The molecule has 1 saturated carbocycles. The predicted octanol–water partition coefficient (Wildman–Crippen LogP) is 2.17. The maximum Gasteiger partial charge on any atom is 0.251 e. The van der Waals surface area contributed by atoms with Gasteiger partial charge in [0.05, 0.1) is 5.69 Å². The number of rotatable bonds is 4. The van der Waals surface area contributed by atoms with Crippen molar-refractivity contribution < 1.29 is 0 Å². The van der Waals surface area contributed by atoms with Crippen LogP contribution in [0.15, 0.2) is 10.9 Å². The second-order valence-electron chi connectivity index (χ2n) is 5.37. The summed E-state index contributed by atoms with van der Waals surface area (Å²) in [6.07, 6.45) is 4.84. The maximum absolute atomic E-state index is 11.7. The Morgan fingerprint density at radius 3 is 3.06 bits per heavy atom. The van der Waals surface area contributed by atoms with E-state index in [0.29, 0.717) is 12.5 Å². The topological polar surface area (TPSA) is 57.8 Å². The molecule has 2 N–H and O–H groups in total. The van der Waals surface area contributed by atoms with Gasteiger partial charge in [0, 0.05) is 18.5 Å². The van der Waals surface area contributed by atoms with Crippen molar-refractivity contribution in [3.8, 4) is 0 Å². The van der Waals surface area contributed by atoms with Crippen LogP contribution in [0.3, 0.4) is 0 Å². The summed E-state index contributed by atoms with van der Waals surface area (Å²) < 4.78 is 0. The van der Waals surface area contributed by atoms with E-state index in [4.69, 9.17) is 0 Å². The van der Waals surface area contributed by atoms with Gasteiger partial charge in [-0.05, 0) is 25.3 Å². The van der Waals surface area contributed by atoms with Crippen molar-refractivity contribution in [3.63, 3.8) is 0 Å². The van der Waals surface area contributed by atoms with E-state index in [1.165, 1.54) is 12.8 Å². The Balaban J connectivity index is 2.16. The highest BCUT2D eigenvalue weighted by molar-refractivity contribution is 5.07. The Bertz CT molecular complexity index is 441. The van der Waals surface area contributed by atoms with E-state index in [2.05, 4.69) is 29.1 Å². The molecule has 100 valence electrons. The maximum atomic E-state index is 11.7. The third kappa shape index (κ3) is 3.42. The van der Waals surface area contributed by atoms with Crippen molar-refractivity contribution >= 4 is 0 Å². The van der Waals surface area contributed by atoms with Crippen LogP contribution in [0.1, 0.15) is 57.0 Å². The standard InChI is InChI=1S/C14H23N3O/c1-3-15-9-12-8-13(18)17-14(16-12)11-6-4-5-10(2)7-11/h8,10-11,15H,3-7,9H2,1-2H3,(H,16,17,18). The van der Waals surface area contributed by atoms with E-state index in [0.717, 1.165) is 36.8 Å². The summed E-state index contributed by atoms with van der Waals surface area (Å²) in [5, 5.41) is 3.22. The first-order chi connectivity index (χ1) is 8.69. The number of hydrogen-bond donors (Lipinski definition) is 2. The van der Waals surface area contributed by atoms with Crippen LogP contribution >= 0.6 is 0 Å². The fourth-order valence-electron chi connectivity index (χ4n) is 2.75. The second-order valence-corrected chi connectivity index (χ2v) is 5.37. The molecule has 2 rings (SSSR count). The van der Waals surface area contributed by atoms with Gasteiger partial charge >= 0.3 is 0 Å². The fraction of sp³-hybridized carbons (Fsp3) is 0.714. The van der Waals surface area contributed by atoms with Crippen LogP contribution in [0.4, 0.5) is 0 Å². The van der Waals surface area contributed by atoms with Gasteiger partial charge in [0.1, 0.15) is 5.82 Å². The fourth-order valence-corrected chi connectivity index (χ4v) is 2.75. The van der Waals surface area contributed by atoms with Gasteiger partial charge in [0.15, 0.2) is 0 Å². The van der Waals surface area contributed by atoms with Crippen molar-refractivity contribution in [2.75, 3.05) is 6.54 Å². The van der Waals surface area contributed by atoms with E-state index in [1.807, 2.05) is 0 Å². The molecule has 18 heavy (non-hydrogen) atoms. The number of nitrogens with zero attached hydrogens (tertiary/aromatic N) is 1. The molecule has 0 saturated heterocycles. The quantitative estimate of drug-likeness (QED) is 0.860. The number of hydrogen-bond acceptors (Lipinski definition) is 3. The van der Waals surface area contributed by atoms with Gasteiger partial charge in [-0.2, -0.15) is 0 Å². The zero-order valence-electron chi connectivity index (χ0n) is 11.3. The monoisotopic (exact) mass is 249 g/mol. The first kappa shape index (κ1) is 13.3. The van der Waals surface area contributed by atoms with Gasteiger partial charge in [-0.1, -0.05) is 26.7 Å². The van der Waals surface area contributed by atoms with Crippen molar-refractivity contribution in [3.05, 3.63) is 27.9 Å². The molecule has 0 bridgehead atoms. The van der Waals surface area contributed by atoms with Crippen LogP contribution < -0.4 is 10.9 Å². The molecule has 2 unspecified atom stereocenters. The minimum atomic E-state index is -0.0221. The minimum Gasteiger partial charge on any atom is -0.311 e. The average Bonchev–Trinajstić information content (AvgIpc) is 2.36. The summed E-state index contributed by atoms with van der Waals surface area (Å²) in [6, 6.07) is 1.60. The first-order valence-electron chi connectivity index (χ1n) is 7.00. The normalized spacial score (nSPS) is 24.1. The molecule has 0 amide bonds. The molecule has 1 heterocycles. The number of aromatic nitrogens is 2. The highest BCUT2D eigenvalue weighted by Gasteiger charge is 2.22. The third-order valence-electron chi connectivity index (χ3n) is 3.69. The Morgan fingerprint density at radius 1 is 1.50 bits per heavy atom. The molecule has 0 radical (unpaired) electrons. The lowest BCUT2D eigenvalue weighted by atomic mass is 9.82. The molecule has 0 aromatic carbocycles. The van der Waals surface area contributed by atoms with Crippen LogP contribution in [-0.2, 0) is 6.54 Å². The summed E-state index contributed by atoms with van der Waals surface area (Å²) in [6.45, 7) is 5.91. The Hall–Kier alpha value is -1.16. The molecule has 1 fully saturated rings. The van der Waals surface area contributed by atoms with Crippen molar-refractivity contribution in [2.24, 2.45) is 5.92 Å². The van der Waals surface area contributed by atoms with Gasteiger partial charge in [-0.25, -0.2) is 4.98 Å². The number of aromatic amines is 1. The largest absolute Gasteiger partial charge is 0.311 e. The zero-order valence-corrected chi connectivity index (χ0v) is 11.3. The number of H-pyrrole nitrogens is 1. The van der Waals surface area contributed by atoms with Crippen LogP contribution in [0.2, 0.25) is 0 Å². The second kappa shape index (κ2) is 6.14. The average molecular weight is 249 g/mol. The Labute approximate surface area is 108 Å². The van der Waals surface area contributed by atoms with Crippen LogP contribution in [0.5, 0.6) is 0 Å². The van der Waals surface area contributed by atoms with Crippen molar-refractivity contribution in [1.29, 1.82) is 0 Å². The van der Waals surface area contributed by atoms with Crippen LogP contribution in [-0.4, -0.2) is 16.5 Å². The SMILES string of the molecule is CCNCc1cc(=O)[nH]c(C2CCCC(C)C2)n1. The summed E-state index contributed by atoms with van der Waals surface area (Å²) in [5.74, 6) is 2.07. The molecule has 0 aliphatic heterocycles. The first-order valence-corrected chi connectivity index (χ1v) is 7.00. The van der Waals surface area contributed by atoms with Crippen LogP contribution in [0, 0.1) is 5.92 Å². The van der Waals surface area contributed by atoms with Gasteiger partial charge in [0.25, 0.3) is 5.56 Å². The van der Waals surface area contributed by atoms with E-state index >= 15 is 0 Å². The summed E-state index contributed by atoms with van der Waals surface area (Å²) in [4.78, 5) is 19.2. The highest BCUT2D eigenvalue weighted by atomic mass is 16.1. The molecule has 1 aromatic heterocycles. The smallest absolute Gasteiger partial charge is 0.251 e. The number of nitrogens with one attached hydrogen (secondary N) is 2. The molecular formula is C14H23N3O.